The van der Waals surface area contributed by atoms with E-state index in [0.29, 0.717) is 0 Å². The van der Waals surface area contributed by atoms with E-state index in [0.717, 1.165) is 6.07 Å². The molecule has 1 rings (SSSR count). The molecule has 0 fully saturated rings. The van der Waals surface area contributed by atoms with Crippen molar-refractivity contribution in [1.29, 1.82) is 0 Å². The van der Waals surface area contributed by atoms with Crippen LogP contribution in [0.5, 0.6) is 0 Å². The van der Waals surface area contributed by atoms with Crippen LogP contribution in [0.1, 0.15) is 4.11 Å². The quantitative estimate of drug-likeness (QED) is 0.397. The number of hydrogen-bond donors (Lipinski definition) is 2. The molecule has 0 atom stereocenters. The minimum Gasteiger partial charge on any atom is -0.397 e. The average molecular weight is 170 g/mol. The molecule has 0 aromatic heterocycles. The van der Waals surface area contributed by atoms with Crippen LogP contribution in [0.25, 0.3) is 0 Å². The Bertz CT molecular complexity index is 392. The second-order valence-electron chi connectivity index (χ2n) is 2.15. The minimum atomic E-state index is -2.37. The maximum atomic E-state index is 10.4. The fourth-order valence-corrected chi connectivity index (χ4v) is 0.778. The number of rotatable bonds is 2. The summed E-state index contributed by atoms with van der Waals surface area (Å²) in [6, 6.07) is 3.55. The molecule has 0 aliphatic carbocycles. The van der Waals surface area contributed by atoms with Gasteiger partial charge in [-0.2, -0.15) is 0 Å². The van der Waals surface area contributed by atoms with Crippen molar-refractivity contribution < 1.29 is 9.04 Å². The molecule has 64 valence electrons. The summed E-state index contributed by atoms with van der Waals surface area (Å²) < 4.78 is 20.8. The van der Waals surface area contributed by atoms with Crippen LogP contribution in [0.2, 0.25) is 0 Å². The van der Waals surface area contributed by atoms with Crippen molar-refractivity contribution in [3.05, 3.63) is 28.3 Å². The highest BCUT2D eigenvalue weighted by atomic mass is 16.6. The van der Waals surface area contributed by atoms with Gasteiger partial charge in [0.25, 0.3) is 5.69 Å². The van der Waals surface area contributed by atoms with Gasteiger partial charge in [0.1, 0.15) is 0 Å². The highest BCUT2D eigenvalue weighted by molar-refractivity contribution is 5.68. The molecule has 0 heterocycles. The number of hydrogen-bond acceptors (Lipinski definition) is 4. The third-order valence-electron chi connectivity index (χ3n) is 1.38. The van der Waals surface area contributed by atoms with Crippen molar-refractivity contribution in [2.75, 3.05) is 18.0 Å². The Morgan fingerprint density at radius 2 is 2.50 bits per heavy atom. The van der Waals surface area contributed by atoms with Gasteiger partial charge in [-0.25, -0.2) is 0 Å². The molecule has 0 radical (unpaired) electrons. The maximum absolute atomic E-state index is 10.4. The second kappa shape index (κ2) is 3.08. The molecule has 3 N–H and O–H groups in total. The lowest BCUT2D eigenvalue weighted by Crippen LogP contribution is -1.97. The monoisotopic (exact) mass is 170 g/mol. The molecule has 5 heteroatoms. The molecular formula is C7H9N3O2. The van der Waals surface area contributed by atoms with Gasteiger partial charge < -0.3 is 11.1 Å². The molecule has 0 amide bonds. The van der Waals surface area contributed by atoms with Gasteiger partial charge in [0, 0.05) is 23.2 Å². The van der Waals surface area contributed by atoms with Gasteiger partial charge in [-0.15, -0.1) is 0 Å². The lowest BCUT2D eigenvalue weighted by Gasteiger charge is -2.02. The second-order valence-corrected chi connectivity index (χ2v) is 2.15. The number of nitro benzene ring substituents is 1. The minimum absolute atomic E-state index is 0.0281. The number of nitrogen functional groups attached to an aromatic ring is 1. The Hall–Kier alpha value is -1.78. The lowest BCUT2D eigenvalue weighted by atomic mass is 10.2. The SMILES string of the molecule is [2H]C([2H])([2H])Nc1ccc([N+](=O)[O-])cc1N. The van der Waals surface area contributed by atoms with Crippen LogP contribution < -0.4 is 11.1 Å². The lowest BCUT2D eigenvalue weighted by molar-refractivity contribution is -0.384. The number of non-ortho nitro benzene ring substituents is 1. The van der Waals surface area contributed by atoms with Crippen molar-refractivity contribution in [3.8, 4) is 0 Å². The van der Waals surface area contributed by atoms with Crippen LogP contribution in [0, 0.1) is 10.1 Å². The van der Waals surface area contributed by atoms with Crippen LogP contribution in [0.15, 0.2) is 18.2 Å². The van der Waals surface area contributed by atoms with Gasteiger partial charge in [-0.3, -0.25) is 10.1 Å². The maximum Gasteiger partial charge on any atom is 0.271 e. The first-order chi connectivity index (χ1) is 6.79. The molecule has 5 nitrogen and oxygen atoms in total. The van der Waals surface area contributed by atoms with E-state index in [2.05, 4.69) is 5.32 Å². The van der Waals surface area contributed by atoms with Crippen molar-refractivity contribution in [2.45, 2.75) is 0 Å². The first-order valence-corrected chi connectivity index (χ1v) is 3.12. The normalized spacial score (nSPS) is 14.2. The summed E-state index contributed by atoms with van der Waals surface area (Å²) in [4.78, 5) is 9.77. The summed E-state index contributed by atoms with van der Waals surface area (Å²) in [5, 5.41) is 12.5. The van der Waals surface area contributed by atoms with E-state index >= 15 is 0 Å². The number of nitrogens with one attached hydrogen (secondary N) is 1. The molecule has 0 aliphatic heterocycles. The largest absolute Gasteiger partial charge is 0.397 e. The summed E-state index contributed by atoms with van der Waals surface area (Å²) in [6.07, 6.45) is 0. The van der Waals surface area contributed by atoms with E-state index in [9.17, 15) is 10.1 Å². The highest BCUT2D eigenvalue weighted by Gasteiger charge is 2.06. The fourth-order valence-electron chi connectivity index (χ4n) is 0.778. The van der Waals surface area contributed by atoms with Crippen LogP contribution in [0.3, 0.4) is 0 Å². The standard InChI is InChI=1S/C7H9N3O2/c1-9-7-3-2-5(10(11)12)4-6(7)8/h2-4,9H,8H2,1H3/i1D3. The summed E-state index contributed by atoms with van der Waals surface area (Å²) >= 11 is 0. The summed E-state index contributed by atoms with van der Waals surface area (Å²) in [7, 11) is 0. The van der Waals surface area contributed by atoms with Gasteiger partial charge in [0.05, 0.1) is 16.3 Å². The Kier molecular flexibility index (Phi) is 1.28. The van der Waals surface area contributed by atoms with Gasteiger partial charge in [-0.1, -0.05) is 0 Å². The highest BCUT2D eigenvalue weighted by Crippen LogP contribution is 2.23. The summed E-state index contributed by atoms with van der Waals surface area (Å²) in [5.41, 5.74) is 5.45. The number of nitrogens with two attached hydrogens (primary N) is 1. The Balaban J connectivity index is 2.99. The van der Waals surface area contributed by atoms with Gasteiger partial charge >= 0.3 is 0 Å². The van der Waals surface area contributed by atoms with Gasteiger partial charge in [0.2, 0.25) is 0 Å². The van der Waals surface area contributed by atoms with Crippen molar-refractivity contribution in [3.63, 3.8) is 0 Å². The first kappa shape index (κ1) is 4.97. The zero-order valence-corrected chi connectivity index (χ0v) is 6.07. The van der Waals surface area contributed by atoms with E-state index in [1.807, 2.05) is 0 Å². The molecule has 0 bridgehead atoms. The zero-order chi connectivity index (χ0) is 11.6. The van der Waals surface area contributed by atoms with Crippen LogP contribution >= 0.6 is 0 Å². The first-order valence-electron chi connectivity index (χ1n) is 4.62. The smallest absolute Gasteiger partial charge is 0.271 e. The third-order valence-corrected chi connectivity index (χ3v) is 1.38. The Morgan fingerprint density at radius 3 is 3.00 bits per heavy atom. The van der Waals surface area contributed by atoms with E-state index in [-0.39, 0.29) is 17.1 Å². The third kappa shape index (κ3) is 1.45. The number of nitrogens with zero attached hydrogens (tertiary/aromatic N) is 1. The summed E-state index contributed by atoms with van der Waals surface area (Å²) in [5.74, 6) is 0. The fraction of sp³-hybridized carbons (Fsp3) is 0.143. The van der Waals surface area contributed by atoms with E-state index in [1.165, 1.54) is 12.1 Å². The van der Waals surface area contributed by atoms with Crippen molar-refractivity contribution >= 4 is 17.1 Å². The van der Waals surface area contributed by atoms with Crippen LogP contribution in [-0.2, 0) is 0 Å². The molecule has 0 aliphatic rings. The molecule has 12 heavy (non-hydrogen) atoms. The van der Waals surface area contributed by atoms with Crippen LogP contribution in [0.4, 0.5) is 17.1 Å². The molecule has 0 spiro atoms. The summed E-state index contributed by atoms with van der Waals surface area (Å²) in [6.45, 7) is -2.37. The topological polar surface area (TPSA) is 81.2 Å². The zero-order valence-electron chi connectivity index (χ0n) is 9.07. The Morgan fingerprint density at radius 1 is 1.75 bits per heavy atom. The molecule has 1 aromatic carbocycles. The number of anilines is 2. The molecule has 1 aromatic rings. The predicted octanol–water partition coefficient (Wildman–Crippen LogP) is 1.22. The average Bonchev–Trinajstić information content (AvgIpc) is 2.05. The molecule has 0 saturated heterocycles. The molecule has 0 saturated carbocycles. The van der Waals surface area contributed by atoms with Crippen LogP contribution in [-0.4, -0.2) is 11.9 Å². The van der Waals surface area contributed by atoms with Gasteiger partial charge in [-0.05, 0) is 6.07 Å². The molecule has 0 unspecified atom stereocenters. The predicted molar refractivity (Wildman–Crippen MR) is 47.1 cm³/mol. The van der Waals surface area contributed by atoms with E-state index in [1.54, 1.807) is 0 Å². The molecular weight excluding hydrogens is 158 g/mol. The number of benzene rings is 1. The van der Waals surface area contributed by atoms with Gasteiger partial charge in [0.15, 0.2) is 0 Å². The van der Waals surface area contributed by atoms with E-state index < -0.39 is 11.9 Å². The van der Waals surface area contributed by atoms with E-state index in [4.69, 9.17) is 9.85 Å². The van der Waals surface area contributed by atoms with Crippen molar-refractivity contribution in [2.24, 2.45) is 0 Å². The number of nitro groups is 1. The Labute approximate surface area is 73.6 Å². The van der Waals surface area contributed by atoms with Crippen molar-refractivity contribution in [1.82, 2.24) is 0 Å².